The lowest BCUT2D eigenvalue weighted by Crippen LogP contribution is -2.51. The molecule has 1 aliphatic rings. The van der Waals surface area contributed by atoms with Gasteiger partial charge in [0.2, 0.25) is 17.7 Å². The van der Waals surface area contributed by atoms with E-state index in [4.69, 9.17) is 0 Å². The molecule has 2 rings (SSSR count). The van der Waals surface area contributed by atoms with Crippen LogP contribution in [0.1, 0.15) is 25.3 Å². The smallest absolute Gasteiger partial charge is 0.245 e. The minimum absolute atomic E-state index is 0.0461. The highest BCUT2D eigenvalue weighted by Gasteiger charge is 2.28. The average molecular weight is 331 g/mol. The van der Waals surface area contributed by atoms with E-state index in [-0.39, 0.29) is 24.3 Å². The maximum absolute atomic E-state index is 12.7. The molecule has 0 radical (unpaired) electrons. The van der Waals surface area contributed by atoms with Crippen molar-refractivity contribution in [2.24, 2.45) is 0 Å². The summed E-state index contributed by atoms with van der Waals surface area (Å²) < 4.78 is 0. The van der Waals surface area contributed by atoms with Crippen molar-refractivity contribution in [1.29, 1.82) is 0 Å². The first-order valence-electron chi connectivity index (χ1n) is 8.31. The Morgan fingerprint density at radius 3 is 2.38 bits per heavy atom. The molecular formula is C18H25N3O3. The van der Waals surface area contributed by atoms with Gasteiger partial charge in [0.15, 0.2) is 0 Å². The molecule has 130 valence electrons. The van der Waals surface area contributed by atoms with Crippen LogP contribution in [0.2, 0.25) is 0 Å². The molecule has 0 unspecified atom stereocenters. The van der Waals surface area contributed by atoms with Crippen LogP contribution in [0.25, 0.3) is 0 Å². The van der Waals surface area contributed by atoms with Gasteiger partial charge in [0.25, 0.3) is 0 Å². The summed E-state index contributed by atoms with van der Waals surface area (Å²) in [6.45, 7) is 2.85. The fourth-order valence-corrected chi connectivity index (χ4v) is 2.77. The molecule has 1 atom stereocenters. The molecule has 1 aliphatic heterocycles. The third-order valence-electron chi connectivity index (χ3n) is 4.25. The van der Waals surface area contributed by atoms with Crippen LogP contribution in [0.4, 0.5) is 0 Å². The van der Waals surface area contributed by atoms with E-state index in [2.05, 4.69) is 5.32 Å². The van der Waals surface area contributed by atoms with Gasteiger partial charge in [-0.05, 0) is 18.4 Å². The standard InChI is InChI=1S/C18H25N3O3/c1-14(22)20(2)13-17(23)19-16(12-15-8-4-3-5-9-15)18(24)21-10-6-7-11-21/h3-5,8-9,16H,6-7,10-13H2,1-2H3,(H,19,23)/t16-/m0/s1. The van der Waals surface area contributed by atoms with Crippen molar-refractivity contribution < 1.29 is 14.4 Å². The van der Waals surface area contributed by atoms with E-state index in [1.54, 1.807) is 7.05 Å². The van der Waals surface area contributed by atoms with Gasteiger partial charge in [-0.3, -0.25) is 14.4 Å². The number of nitrogens with one attached hydrogen (secondary N) is 1. The van der Waals surface area contributed by atoms with Crippen molar-refractivity contribution in [2.45, 2.75) is 32.2 Å². The Labute approximate surface area is 142 Å². The van der Waals surface area contributed by atoms with Crippen LogP contribution in [0.5, 0.6) is 0 Å². The largest absolute Gasteiger partial charge is 0.342 e. The van der Waals surface area contributed by atoms with Crippen molar-refractivity contribution in [1.82, 2.24) is 15.1 Å². The van der Waals surface area contributed by atoms with Gasteiger partial charge in [-0.2, -0.15) is 0 Å². The molecule has 3 amide bonds. The van der Waals surface area contributed by atoms with Crippen LogP contribution in [-0.4, -0.2) is 60.2 Å². The predicted octanol–water partition coefficient (Wildman–Crippen LogP) is 0.815. The second-order valence-corrected chi connectivity index (χ2v) is 6.22. The highest BCUT2D eigenvalue weighted by molar-refractivity contribution is 5.90. The first-order chi connectivity index (χ1) is 11.5. The van der Waals surface area contributed by atoms with Crippen molar-refractivity contribution in [3.8, 4) is 0 Å². The molecule has 0 aliphatic carbocycles. The maximum Gasteiger partial charge on any atom is 0.245 e. The van der Waals surface area contributed by atoms with Crippen LogP contribution in [-0.2, 0) is 20.8 Å². The molecule has 1 N–H and O–H groups in total. The van der Waals surface area contributed by atoms with Crippen molar-refractivity contribution in [3.63, 3.8) is 0 Å². The van der Waals surface area contributed by atoms with E-state index < -0.39 is 6.04 Å². The second-order valence-electron chi connectivity index (χ2n) is 6.22. The molecule has 1 aromatic carbocycles. The van der Waals surface area contributed by atoms with Gasteiger partial charge in [0, 0.05) is 33.5 Å². The lowest BCUT2D eigenvalue weighted by molar-refractivity contribution is -0.137. The first kappa shape index (κ1) is 18.0. The summed E-state index contributed by atoms with van der Waals surface area (Å²) in [5.41, 5.74) is 0.996. The van der Waals surface area contributed by atoms with Crippen molar-refractivity contribution in [3.05, 3.63) is 35.9 Å². The Balaban J connectivity index is 2.05. The summed E-state index contributed by atoms with van der Waals surface area (Å²) in [5, 5.41) is 2.80. The minimum atomic E-state index is -0.599. The Kier molecular flexibility index (Phi) is 6.35. The third kappa shape index (κ3) is 5.08. The Bertz CT molecular complexity index is 582. The quantitative estimate of drug-likeness (QED) is 0.839. The van der Waals surface area contributed by atoms with Crippen LogP contribution < -0.4 is 5.32 Å². The fourth-order valence-electron chi connectivity index (χ4n) is 2.77. The van der Waals surface area contributed by atoms with E-state index in [0.29, 0.717) is 6.42 Å². The van der Waals surface area contributed by atoms with Crippen molar-refractivity contribution >= 4 is 17.7 Å². The van der Waals surface area contributed by atoms with E-state index in [1.165, 1.54) is 11.8 Å². The van der Waals surface area contributed by atoms with E-state index in [9.17, 15) is 14.4 Å². The normalized spacial score (nSPS) is 15.0. The molecule has 24 heavy (non-hydrogen) atoms. The fraction of sp³-hybridized carbons (Fsp3) is 0.500. The Morgan fingerprint density at radius 2 is 1.79 bits per heavy atom. The summed E-state index contributed by atoms with van der Waals surface area (Å²) in [4.78, 5) is 39.3. The van der Waals surface area contributed by atoms with E-state index in [0.717, 1.165) is 31.5 Å². The molecule has 1 heterocycles. The number of amides is 3. The zero-order chi connectivity index (χ0) is 17.5. The summed E-state index contributed by atoms with van der Waals surface area (Å²) >= 11 is 0. The summed E-state index contributed by atoms with van der Waals surface area (Å²) in [7, 11) is 1.57. The highest BCUT2D eigenvalue weighted by Crippen LogP contribution is 2.12. The third-order valence-corrected chi connectivity index (χ3v) is 4.25. The summed E-state index contributed by atoms with van der Waals surface area (Å²) in [6.07, 6.45) is 2.46. The van der Waals surface area contributed by atoms with E-state index >= 15 is 0 Å². The number of nitrogens with zero attached hydrogens (tertiary/aromatic N) is 2. The molecule has 6 nitrogen and oxygen atoms in total. The first-order valence-corrected chi connectivity index (χ1v) is 8.31. The zero-order valence-electron chi connectivity index (χ0n) is 14.3. The van der Waals surface area contributed by atoms with Gasteiger partial charge in [0.1, 0.15) is 6.04 Å². The molecule has 6 heteroatoms. The molecule has 1 aromatic rings. The van der Waals surface area contributed by atoms with Gasteiger partial charge in [-0.1, -0.05) is 30.3 Å². The number of likely N-dealkylation sites (tertiary alicyclic amines) is 1. The number of hydrogen-bond acceptors (Lipinski definition) is 3. The van der Waals surface area contributed by atoms with Gasteiger partial charge in [0.05, 0.1) is 6.54 Å². The summed E-state index contributed by atoms with van der Waals surface area (Å²) in [6, 6.07) is 9.03. The Hall–Kier alpha value is -2.37. The van der Waals surface area contributed by atoms with Gasteiger partial charge >= 0.3 is 0 Å². The Morgan fingerprint density at radius 1 is 1.17 bits per heavy atom. The van der Waals surface area contributed by atoms with Crippen LogP contribution in [0, 0.1) is 0 Å². The van der Waals surface area contributed by atoms with Crippen molar-refractivity contribution in [2.75, 3.05) is 26.7 Å². The SMILES string of the molecule is CC(=O)N(C)CC(=O)N[C@@H](Cc1ccccc1)C(=O)N1CCCC1. The van der Waals surface area contributed by atoms with Crippen LogP contribution in [0.3, 0.4) is 0 Å². The van der Waals surface area contributed by atoms with Crippen LogP contribution in [0.15, 0.2) is 30.3 Å². The predicted molar refractivity (Wildman–Crippen MR) is 91.2 cm³/mol. The lowest BCUT2D eigenvalue weighted by Gasteiger charge is -2.25. The molecule has 1 saturated heterocycles. The summed E-state index contributed by atoms with van der Waals surface area (Å²) in [5.74, 6) is -0.549. The number of benzene rings is 1. The van der Waals surface area contributed by atoms with E-state index in [1.807, 2.05) is 35.2 Å². The number of likely N-dealkylation sites (N-methyl/N-ethyl adjacent to an activating group) is 1. The maximum atomic E-state index is 12.7. The molecule has 0 bridgehead atoms. The van der Waals surface area contributed by atoms with Gasteiger partial charge in [-0.15, -0.1) is 0 Å². The number of carbonyl (C=O) groups excluding carboxylic acids is 3. The van der Waals surface area contributed by atoms with Gasteiger partial charge < -0.3 is 15.1 Å². The number of hydrogen-bond donors (Lipinski definition) is 1. The molecule has 0 aromatic heterocycles. The number of carbonyl (C=O) groups is 3. The molecule has 1 fully saturated rings. The highest BCUT2D eigenvalue weighted by atomic mass is 16.2. The lowest BCUT2D eigenvalue weighted by atomic mass is 10.0. The molecule has 0 spiro atoms. The zero-order valence-corrected chi connectivity index (χ0v) is 14.3. The molecule has 0 saturated carbocycles. The van der Waals surface area contributed by atoms with Gasteiger partial charge in [-0.25, -0.2) is 0 Å². The second kappa shape index (κ2) is 8.47. The topological polar surface area (TPSA) is 69.7 Å². The minimum Gasteiger partial charge on any atom is -0.342 e. The molecular weight excluding hydrogens is 306 g/mol. The monoisotopic (exact) mass is 331 g/mol. The average Bonchev–Trinajstić information content (AvgIpc) is 3.08. The van der Waals surface area contributed by atoms with Crippen LogP contribution >= 0.6 is 0 Å². The number of rotatable bonds is 6.